The van der Waals surface area contributed by atoms with Gasteiger partial charge in [0.1, 0.15) is 5.78 Å². The lowest BCUT2D eigenvalue weighted by Gasteiger charge is -1.99. The fraction of sp³-hybridized carbons (Fsp3) is 0.333. The van der Waals surface area contributed by atoms with Gasteiger partial charge >= 0.3 is 0 Å². The smallest absolute Gasteiger partial charge is 0.225 e. The Labute approximate surface area is 94.6 Å². The Kier molecular flexibility index (Phi) is 4.28. The third kappa shape index (κ3) is 4.02. The first-order valence-electron chi connectivity index (χ1n) is 4.11. The second kappa shape index (κ2) is 5.26. The molecule has 1 N–H and O–H groups in total. The van der Waals surface area contributed by atoms with E-state index in [2.05, 4.69) is 21.2 Å². The molecule has 0 aromatic carbocycles. The number of hydrogen-bond donors (Lipinski definition) is 1. The standard InChI is InChI=1S/C9H10BrNO2S/c1-6(12)2-3-8(13)11-9-4-7(10)5-14-9/h4-5H,2-3H2,1H3,(H,11,13). The molecule has 0 radical (unpaired) electrons. The van der Waals surface area contributed by atoms with Crippen molar-refractivity contribution in [3.63, 3.8) is 0 Å². The molecule has 3 nitrogen and oxygen atoms in total. The zero-order chi connectivity index (χ0) is 10.6. The summed E-state index contributed by atoms with van der Waals surface area (Å²) in [5.41, 5.74) is 0. The summed E-state index contributed by atoms with van der Waals surface area (Å²) in [6.07, 6.45) is 0.559. The van der Waals surface area contributed by atoms with Gasteiger partial charge in [-0.05, 0) is 28.9 Å². The van der Waals surface area contributed by atoms with E-state index >= 15 is 0 Å². The average Bonchev–Trinajstić information content (AvgIpc) is 2.48. The topological polar surface area (TPSA) is 46.2 Å². The van der Waals surface area contributed by atoms with E-state index in [0.29, 0.717) is 6.42 Å². The molecule has 0 aliphatic carbocycles. The molecule has 1 rings (SSSR count). The minimum absolute atomic E-state index is 0.0347. The van der Waals surface area contributed by atoms with Crippen LogP contribution in [0.1, 0.15) is 19.8 Å². The van der Waals surface area contributed by atoms with Gasteiger partial charge in [-0.1, -0.05) is 0 Å². The first-order chi connectivity index (χ1) is 6.58. The monoisotopic (exact) mass is 275 g/mol. The highest BCUT2D eigenvalue weighted by molar-refractivity contribution is 9.10. The maximum Gasteiger partial charge on any atom is 0.225 e. The van der Waals surface area contributed by atoms with E-state index in [4.69, 9.17) is 0 Å². The molecule has 0 saturated heterocycles. The summed E-state index contributed by atoms with van der Waals surface area (Å²) in [4.78, 5) is 21.9. The van der Waals surface area contributed by atoms with Crippen LogP contribution in [0.5, 0.6) is 0 Å². The summed E-state index contributed by atoms with van der Waals surface area (Å²) in [5, 5.41) is 5.40. The maximum atomic E-state index is 11.3. The predicted octanol–water partition coefficient (Wildman–Crippen LogP) is 2.82. The van der Waals surface area contributed by atoms with Crippen molar-refractivity contribution in [2.45, 2.75) is 19.8 Å². The summed E-state index contributed by atoms with van der Waals surface area (Å²) in [5.74, 6) is -0.0814. The molecule has 0 bridgehead atoms. The van der Waals surface area contributed by atoms with E-state index < -0.39 is 0 Å². The van der Waals surface area contributed by atoms with Crippen molar-refractivity contribution in [1.82, 2.24) is 0 Å². The van der Waals surface area contributed by atoms with Gasteiger partial charge in [0.15, 0.2) is 0 Å². The van der Waals surface area contributed by atoms with Crippen LogP contribution in [0.15, 0.2) is 15.9 Å². The highest BCUT2D eigenvalue weighted by Crippen LogP contribution is 2.24. The number of hydrogen-bond acceptors (Lipinski definition) is 3. The second-order valence-corrected chi connectivity index (χ2v) is 4.71. The number of thiophene rings is 1. The van der Waals surface area contributed by atoms with Gasteiger partial charge < -0.3 is 10.1 Å². The lowest BCUT2D eigenvalue weighted by molar-refractivity contribution is -0.121. The lowest BCUT2D eigenvalue weighted by atomic mass is 10.2. The van der Waals surface area contributed by atoms with Gasteiger partial charge in [0.25, 0.3) is 0 Å². The minimum atomic E-state index is -0.116. The van der Waals surface area contributed by atoms with Gasteiger partial charge in [-0.25, -0.2) is 0 Å². The van der Waals surface area contributed by atoms with Crippen LogP contribution in [0.25, 0.3) is 0 Å². The minimum Gasteiger partial charge on any atom is -0.318 e. The fourth-order valence-electron chi connectivity index (χ4n) is 0.868. The van der Waals surface area contributed by atoms with Crippen molar-refractivity contribution in [3.8, 4) is 0 Å². The number of carbonyl (C=O) groups excluding carboxylic acids is 2. The lowest BCUT2D eigenvalue weighted by Crippen LogP contribution is -2.11. The van der Waals surface area contributed by atoms with E-state index in [-0.39, 0.29) is 18.1 Å². The van der Waals surface area contributed by atoms with E-state index in [0.717, 1.165) is 9.47 Å². The van der Waals surface area contributed by atoms with Gasteiger partial charge in [0.05, 0.1) is 5.00 Å². The van der Waals surface area contributed by atoms with Crippen LogP contribution < -0.4 is 5.32 Å². The molecule has 0 aliphatic rings. The van der Waals surface area contributed by atoms with Crippen LogP contribution in [0.4, 0.5) is 5.00 Å². The molecule has 0 atom stereocenters. The summed E-state index contributed by atoms with van der Waals surface area (Å²) in [6.45, 7) is 1.48. The van der Waals surface area contributed by atoms with Crippen LogP contribution in [0, 0.1) is 0 Å². The quantitative estimate of drug-likeness (QED) is 0.919. The molecular weight excluding hydrogens is 266 g/mol. The van der Waals surface area contributed by atoms with E-state index in [1.54, 1.807) is 0 Å². The highest BCUT2D eigenvalue weighted by atomic mass is 79.9. The third-order valence-corrected chi connectivity index (χ3v) is 3.14. The molecule has 0 aliphatic heterocycles. The van der Waals surface area contributed by atoms with Crippen molar-refractivity contribution in [2.75, 3.05) is 5.32 Å². The Hall–Kier alpha value is -0.680. The fourth-order valence-corrected chi connectivity index (χ4v) is 2.20. The number of rotatable bonds is 4. The van der Waals surface area contributed by atoms with Gasteiger partial charge in [0.2, 0.25) is 5.91 Å². The normalized spacial score (nSPS) is 9.86. The van der Waals surface area contributed by atoms with Crippen molar-refractivity contribution < 1.29 is 9.59 Å². The Balaban J connectivity index is 2.37. The van der Waals surface area contributed by atoms with E-state index in [1.807, 2.05) is 11.4 Å². The SMILES string of the molecule is CC(=O)CCC(=O)Nc1cc(Br)cs1. The van der Waals surface area contributed by atoms with Crippen LogP contribution in [0.2, 0.25) is 0 Å². The molecule has 1 amide bonds. The maximum absolute atomic E-state index is 11.3. The zero-order valence-electron chi connectivity index (χ0n) is 7.67. The second-order valence-electron chi connectivity index (χ2n) is 2.88. The first kappa shape index (κ1) is 11.4. The first-order valence-corrected chi connectivity index (χ1v) is 5.78. The Morgan fingerprint density at radius 2 is 2.21 bits per heavy atom. The summed E-state index contributed by atoms with van der Waals surface area (Å²) in [6, 6.07) is 1.83. The Morgan fingerprint density at radius 1 is 1.50 bits per heavy atom. The van der Waals surface area contributed by atoms with Crippen LogP contribution in [-0.4, -0.2) is 11.7 Å². The zero-order valence-corrected chi connectivity index (χ0v) is 10.1. The van der Waals surface area contributed by atoms with Crippen LogP contribution in [0.3, 0.4) is 0 Å². The summed E-state index contributed by atoms with van der Waals surface area (Å²) in [7, 11) is 0. The van der Waals surface area contributed by atoms with E-state index in [9.17, 15) is 9.59 Å². The molecule has 1 aromatic rings. The third-order valence-electron chi connectivity index (χ3n) is 1.53. The number of Topliss-reactive ketones (excluding diaryl/α,β-unsaturated/α-hetero) is 1. The molecule has 0 fully saturated rings. The number of halogens is 1. The molecule has 0 saturated carbocycles. The summed E-state index contributed by atoms with van der Waals surface area (Å²) >= 11 is 4.74. The number of amides is 1. The van der Waals surface area contributed by atoms with Gasteiger partial charge in [-0.3, -0.25) is 4.79 Å². The summed E-state index contributed by atoms with van der Waals surface area (Å²) < 4.78 is 0.948. The van der Waals surface area contributed by atoms with Gasteiger partial charge in [0, 0.05) is 22.7 Å². The van der Waals surface area contributed by atoms with Gasteiger partial charge in [-0.2, -0.15) is 0 Å². The Bertz CT molecular complexity index is 348. The molecule has 1 aromatic heterocycles. The molecule has 76 valence electrons. The van der Waals surface area contributed by atoms with Crippen molar-refractivity contribution in [3.05, 3.63) is 15.9 Å². The Morgan fingerprint density at radius 3 is 2.71 bits per heavy atom. The molecule has 5 heteroatoms. The molecular formula is C9H10BrNO2S. The van der Waals surface area contributed by atoms with Gasteiger partial charge in [-0.15, -0.1) is 11.3 Å². The molecule has 1 heterocycles. The number of ketones is 1. The molecule has 0 spiro atoms. The van der Waals surface area contributed by atoms with Crippen molar-refractivity contribution in [1.29, 1.82) is 0 Å². The average molecular weight is 276 g/mol. The number of anilines is 1. The number of carbonyl (C=O) groups is 2. The van der Waals surface area contributed by atoms with Crippen molar-refractivity contribution in [2.24, 2.45) is 0 Å². The van der Waals surface area contributed by atoms with Crippen LogP contribution >= 0.6 is 27.3 Å². The largest absolute Gasteiger partial charge is 0.318 e. The predicted molar refractivity (Wildman–Crippen MR) is 60.6 cm³/mol. The van der Waals surface area contributed by atoms with Crippen LogP contribution in [-0.2, 0) is 9.59 Å². The van der Waals surface area contributed by atoms with Crippen molar-refractivity contribution >= 4 is 44.0 Å². The van der Waals surface area contributed by atoms with E-state index in [1.165, 1.54) is 18.3 Å². The number of nitrogens with one attached hydrogen (secondary N) is 1. The molecule has 14 heavy (non-hydrogen) atoms. The molecule has 0 unspecified atom stereocenters. The highest BCUT2D eigenvalue weighted by Gasteiger charge is 2.05.